The van der Waals surface area contributed by atoms with E-state index in [1.807, 2.05) is 0 Å². The fourth-order valence-electron chi connectivity index (χ4n) is 2.61. The molecule has 2 amide bonds. The molecule has 7 heteroatoms. The van der Waals surface area contributed by atoms with Crippen molar-refractivity contribution in [3.05, 3.63) is 36.4 Å². The van der Waals surface area contributed by atoms with E-state index in [2.05, 4.69) is 10.6 Å². The third kappa shape index (κ3) is 2.59. The molecule has 0 spiro atoms. The van der Waals surface area contributed by atoms with Gasteiger partial charge in [-0.1, -0.05) is 12.1 Å². The van der Waals surface area contributed by atoms with Crippen LogP contribution in [-0.4, -0.2) is 20.2 Å². The largest absolute Gasteiger partial charge is 0.326 e. The Bertz CT molecular complexity index is 877. The zero-order valence-corrected chi connectivity index (χ0v) is 13.3. The normalized spacial score (nSPS) is 13.8. The molecule has 1 heterocycles. The molecule has 1 aliphatic rings. The van der Waals surface area contributed by atoms with Crippen LogP contribution in [0.2, 0.25) is 0 Å². The SMILES string of the molecule is CC(=O)Nc1ccc2c(c1)S(=O)(=O)c1cc(NC(C)=O)ccc1-2. The lowest BCUT2D eigenvalue weighted by Gasteiger charge is -2.04. The Morgan fingerprint density at radius 3 is 1.52 bits per heavy atom. The van der Waals surface area contributed by atoms with Crippen molar-refractivity contribution in [1.82, 2.24) is 0 Å². The van der Waals surface area contributed by atoms with Crippen LogP contribution >= 0.6 is 0 Å². The Labute approximate surface area is 133 Å². The molecule has 0 saturated heterocycles. The van der Waals surface area contributed by atoms with Crippen LogP contribution in [0.15, 0.2) is 46.2 Å². The maximum atomic E-state index is 12.7. The van der Waals surface area contributed by atoms with E-state index in [9.17, 15) is 18.0 Å². The van der Waals surface area contributed by atoms with Gasteiger partial charge in [-0.15, -0.1) is 0 Å². The third-order valence-electron chi connectivity index (χ3n) is 3.47. The first-order valence-electron chi connectivity index (χ1n) is 6.88. The molecule has 118 valence electrons. The Morgan fingerprint density at radius 1 is 0.783 bits per heavy atom. The quantitative estimate of drug-likeness (QED) is 0.755. The van der Waals surface area contributed by atoms with Crippen LogP contribution < -0.4 is 10.6 Å². The van der Waals surface area contributed by atoms with Crippen LogP contribution in [0.1, 0.15) is 13.8 Å². The van der Waals surface area contributed by atoms with Crippen molar-refractivity contribution in [3.63, 3.8) is 0 Å². The van der Waals surface area contributed by atoms with E-state index >= 15 is 0 Å². The average molecular weight is 330 g/mol. The van der Waals surface area contributed by atoms with Crippen LogP contribution in [0.3, 0.4) is 0 Å². The van der Waals surface area contributed by atoms with E-state index in [-0.39, 0.29) is 21.6 Å². The molecule has 3 rings (SSSR count). The Morgan fingerprint density at radius 2 is 1.17 bits per heavy atom. The number of fused-ring (bicyclic) bond motifs is 3. The summed E-state index contributed by atoms with van der Waals surface area (Å²) in [6, 6.07) is 9.55. The molecule has 0 aromatic heterocycles. The third-order valence-corrected chi connectivity index (χ3v) is 5.31. The molecule has 0 bridgehead atoms. The van der Waals surface area contributed by atoms with Gasteiger partial charge in [0.25, 0.3) is 0 Å². The molecule has 1 aliphatic heterocycles. The first-order valence-corrected chi connectivity index (χ1v) is 8.36. The lowest BCUT2D eigenvalue weighted by Crippen LogP contribution is -2.07. The topological polar surface area (TPSA) is 92.3 Å². The molecule has 2 aromatic rings. The molecule has 2 aromatic carbocycles. The van der Waals surface area contributed by atoms with Crippen LogP contribution in [0.4, 0.5) is 11.4 Å². The first kappa shape index (κ1) is 15.2. The van der Waals surface area contributed by atoms with Crippen LogP contribution in [-0.2, 0) is 19.4 Å². The number of anilines is 2. The van der Waals surface area contributed by atoms with Gasteiger partial charge in [-0.25, -0.2) is 8.42 Å². The summed E-state index contributed by atoms with van der Waals surface area (Å²) < 4.78 is 25.5. The van der Waals surface area contributed by atoms with Crippen molar-refractivity contribution >= 4 is 33.0 Å². The number of rotatable bonds is 2. The van der Waals surface area contributed by atoms with Gasteiger partial charge in [0.15, 0.2) is 0 Å². The highest BCUT2D eigenvalue weighted by Gasteiger charge is 2.33. The second kappa shape index (κ2) is 5.20. The molecular formula is C16H14N2O4S. The van der Waals surface area contributed by atoms with Gasteiger partial charge < -0.3 is 10.6 Å². The molecule has 0 saturated carbocycles. The van der Waals surface area contributed by atoms with Gasteiger partial charge in [0, 0.05) is 36.3 Å². The smallest absolute Gasteiger partial charge is 0.221 e. The van der Waals surface area contributed by atoms with Gasteiger partial charge in [-0.05, 0) is 24.3 Å². The van der Waals surface area contributed by atoms with Crippen molar-refractivity contribution in [2.24, 2.45) is 0 Å². The zero-order valence-electron chi connectivity index (χ0n) is 12.5. The van der Waals surface area contributed by atoms with Crippen LogP contribution in [0, 0.1) is 0 Å². The van der Waals surface area contributed by atoms with E-state index in [1.54, 1.807) is 24.3 Å². The van der Waals surface area contributed by atoms with Gasteiger partial charge in [0.05, 0.1) is 9.79 Å². The number of benzene rings is 2. The summed E-state index contributed by atoms with van der Waals surface area (Å²) in [6.07, 6.45) is 0. The maximum Gasteiger partial charge on any atom is 0.221 e. The van der Waals surface area contributed by atoms with E-state index < -0.39 is 9.84 Å². The van der Waals surface area contributed by atoms with E-state index in [0.29, 0.717) is 22.5 Å². The standard InChI is InChI=1S/C16H14N2O4S/c1-9(19)17-11-3-5-13-14-6-4-12(18-10(2)20)8-16(14)23(21,22)15(13)7-11/h3-8H,1-2H3,(H,17,19)(H,18,20). The van der Waals surface area contributed by atoms with Crippen molar-refractivity contribution in [1.29, 1.82) is 0 Å². The van der Waals surface area contributed by atoms with Crippen molar-refractivity contribution in [3.8, 4) is 11.1 Å². The Kier molecular flexibility index (Phi) is 3.45. The first-order chi connectivity index (χ1) is 10.8. The maximum absolute atomic E-state index is 12.7. The van der Waals surface area contributed by atoms with E-state index in [4.69, 9.17) is 0 Å². The Balaban J connectivity index is 2.14. The summed E-state index contributed by atoms with van der Waals surface area (Å²) in [5.74, 6) is -0.545. The van der Waals surface area contributed by atoms with Crippen molar-refractivity contribution in [2.75, 3.05) is 10.6 Å². The fraction of sp³-hybridized carbons (Fsp3) is 0.125. The molecule has 0 aliphatic carbocycles. The van der Waals surface area contributed by atoms with Crippen LogP contribution in [0.5, 0.6) is 0 Å². The molecule has 0 fully saturated rings. The van der Waals surface area contributed by atoms with E-state index in [1.165, 1.54) is 26.0 Å². The minimum absolute atomic E-state index is 0.152. The summed E-state index contributed by atoms with van der Waals surface area (Å²) in [7, 11) is -3.68. The highest BCUT2D eigenvalue weighted by atomic mass is 32.2. The van der Waals surface area contributed by atoms with Crippen molar-refractivity contribution < 1.29 is 18.0 Å². The number of hydrogen-bond acceptors (Lipinski definition) is 4. The monoisotopic (exact) mass is 330 g/mol. The van der Waals surface area contributed by atoms with Gasteiger partial charge in [0.2, 0.25) is 21.7 Å². The molecule has 6 nitrogen and oxygen atoms in total. The summed E-state index contributed by atoms with van der Waals surface area (Å²) >= 11 is 0. The van der Waals surface area contributed by atoms with Crippen molar-refractivity contribution in [2.45, 2.75) is 23.6 Å². The average Bonchev–Trinajstić information content (AvgIpc) is 2.66. The van der Waals surface area contributed by atoms with Gasteiger partial charge in [0.1, 0.15) is 0 Å². The summed E-state index contributed by atoms with van der Waals surface area (Å²) in [5, 5.41) is 5.15. The van der Waals surface area contributed by atoms with Gasteiger partial charge >= 0.3 is 0 Å². The number of carbonyl (C=O) groups excluding carboxylic acids is 2. The number of hydrogen-bond donors (Lipinski definition) is 2. The lowest BCUT2D eigenvalue weighted by atomic mass is 10.0. The second-order valence-electron chi connectivity index (χ2n) is 5.29. The zero-order chi connectivity index (χ0) is 16.8. The fourth-order valence-corrected chi connectivity index (χ4v) is 4.35. The molecular weight excluding hydrogens is 316 g/mol. The summed E-state index contributed by atoms with van der Waals surface area (Å²) in [4.78, 5) is 22.6. The number of amides is 2. The van der Waals surface area contributed by atoms with E-state index in [0.717, 1.165) is 0 Å². The molecule has 23 heavy (non-hydrogen) atoms. The lowest BCUT2D eigenvalue weighted by molar-refractivity contribution is -0.115. The molecule has 2 N–H and O–H groups in total. The highest BCUT2D eigenvalue weighted by molar-refractivity contribution is 7.92. The second-order valence-corrected chi connectivity index (χ2v) is 7.17. The molecule has 0 atom stereocenters. The minimum atomic E-state index is -3.68. The highest BCUT2D eigenvalue weighted by Crippen LogP contribution is 2.45. The van der Waals surface area contributed by atoms with Gasteiger partial charge in [-0.2, -0.15) is 0 Å². The minimum Gasteiger partial charge on any atom is -0.326 e. The van der Waals surface area contributed by atoms with Crippen LogP contribution in [0.25, 0.3) is 11.1 Å². The summed E-state index contributed by atoms with van der Waals surface area (Å²) in [5.41, 5.74) is 2.02. The Hall–Kier alpha value is -2.67. The van der Waals surface area contributed by atoms with Gasteiger partial charge in [-0.3, -0.25) is 9.59 Å². The predicted molar refractivity (Wildman–Crippen MR) is 85.9 cm³/mol. The molecule has 0 radical (unpaired) electrons. The predicted octanol–water partition coefficient (Wildman–Crippen LogP) is 2.42. The number of carbonyl (C=O) groups is 2. The number of nitrogens with one attached hydrogen (secondary N) is 2. The molecule has 0 unspecified atom stereocenters. The summed E-state index contributed by atoms with van der Waals surface area (Å²) in [6.45, 7) is 2.71. The number of sulfone groups is 1.